The Bertz CT molecular complexity index is 505. The summed E-state index contributed by atoms with van der Waals surface area (Å²) >= 11 is 5.89. The zero-order valence-corrected chi connectivity index (χ0v) is 11.3. The Morgan fingerprint density at radius 2 is 2.11 bits per heavy atom. The quantitative estimate of drug-likeness (QED) is 0.797. The van der Waals surface area contributed by atoms with Gasteiger partial charge in [-0.1, -0.05) is 29.8 Å². The third-order valence-electron chi connectivity index (χ3n) is 2.86. The first-order chi connectivity index (χ1) is 9.25. The molecule has 1 atom stereocenters. The zero-order valence-electron chi connectivity index (χ0n) is 10.6. The van der Waals surface area contributed by atoms with Gasteiger partial charge in [0.1, 0.15) is 0 Å². The first kappa shape index (κ1) is 14.0. The summed E-state index contributed by atoms with van der Waals surface area (Å²) in [6.07, 6.45) is 2.10. The molecule has 0 saturated carbocycles. The van der Waals surface area contributed by atoms with Crippen molar-refractivity contribution >= 4 is 11.6 Å². The number of hydrogen-bond acceptors (Lipinski definition) is 3. The maximum absolute atomic E-state index is 10.0. The van der Waals surface area contributed by atoms with E-state index in [0.717, 1.165) is 24.2 Å². The molecule has 1 aromatic carbocycles. The standard InChI is InChI=1S/C15H17ClN2O/c16-13-5-3-4-12(10-13)15(19)11-17-9-7-14-6-1-2-8-18-14/h1-6,8,10,15,17,19H,7,9,11H2. The Labute approximate surface area is 118 Å². The molecule has 0 aliphatic carbocycles. The van der Waals surface area contributed by atoms with E-state index in [4.69, 9.17) is 11.6 Å². The number of aliphatic hydroxyl groups is 1. The number of nitrogens with one attached hydrogen (secondary N) is 1. The largest absolute Gasteiger partial charge is 0.387 e. The van der Waals surface area contributed by atoms with Crippen molar-refractivity contribution in [2.75, 3.05) is 13.1 Å². The van der Waals surface area contributed by atoms with E-state index in [2.05, 4.69) is 10.3 Å². The SMILES string of the molecule is OC(CNCCc1ccccn1)c1cccc(Cl)c1. The van der Waals surface area contributed by atoms with Gasteiger partial charge in [-0.25, -0.2) is 0 Å². The Balaban J connectivity index is 1.74. The van der Waals surface area contributed by atoms with Gasteiger partial charge in [0, 0.05) is 36.4 Å². The van der Waals surface area contributed by atoms with Gasteiger partial charge in [0.15, 0.2) is 0 Å². The van der Waals surface area contributed by atoms with Gasteiger partial charge in [-0.2, -0.15) is 0 Å². The van der Waals surface area contributed by atoms with Gasteiger partial charge in [-0.05, 0) is 29.8 Å². The minimum absolute atomic E-state index is 0.507. The number of benzene rings is 1. The fourth-order valence-electron chi connectivity index (χ4n) is 1.83. The van der Waals surface area contributed by atoms with Crippen LogP contribution in [0.15, 0.2) is 48.7 Å². The summed E-state index contributed by atoms with van der Waals surface area (Å²) in [4.78, 5) is 4.25. The smallest absolute Gasteiger partial charge is 0.0914 e. The minimum atomic E-state index is -0.539. The Morgan fingerprint density at radius 3 is 2.84 bits per heavy atom. The number of nitrogens with zero attached hydrogens (tertiary/aromatic N) is 1. The second-order valence-electron chi connectivity index (χ2n) is 4.35. The molecule has 0 fully saturated rings. The Kier molecular flexibility index (Phi) is 5.33. The van der Waals surface area contributed by atoms with E-state index >= 15 is 0 Å². The van der Waals surface area contributed by atoms with Crippen LogP contribution < -0.4 is 5.32 Å². The van der Waals surface area contributed by atoms with Crippen LogP contribution in [0.4, 0.5) is 0 Å². The molecule has 4 heteroatoms. The molecule has 0 radical (unpaired) electrons. The molecule has 0 spiro atoms. The molecule has 2 aromatic rings. The summed E-state index contributed by atoms with van der Waals surface area (Å²) in [7, 11) is 0. The van der Waals surface area contributed by atoms with E-state index in [0.29, 0.717) is 11.6 Å². The van der Waals surface area contributed by atoms with Gasteiger partial charge < -0.3 is 10.4 Å². The van der Waals surface area contributed by atoms with Gasteiger partial charge >= 0.3 is 0 Å². The van der Waals surface area contributed by atoms with E-state index in [9.17, 15) is 5.11 Å². The molecule has 1 unspecified atom stereocenters. The molecule has 0 amide bonds. The number of hydrogen-bond donors (Lipinski definition) is 2. The average Bonchev–Trinajstić information content (AvgIpc) is 2.44. The molecule has 100 valence electrons. The summed E-state index contributed by atoms with van der Waals surface area (Å²) in [5, 5.41) is 13.9. The summed E-state index contributed by atoms with van der Waals surface area (Å²) in [5.74, 6) is 0. The number of rotatable bonds is 6. The van der Waals surface area contributed by atoms with Crippen LogP contribution in [-0.4, -0.2) is 23.2 Å². The molecule has 0 saturated heterocycles. The van der Waals surface area contributed by atoms with Gasteiger partial charge in [0.05, 0.1) is 6.10 Å². The fraction of sp³-hybridized carbons (Fsp3) is 0.267. The van der Waals surface area contributed by atoms with Crippen LogP contribution in [0.2, 0.25) is 5.02 Å². The van der Waals surface area contributed by atoms with Gasteiger partial charge in [-0.3, -0.25) is 4.98 Å². The lowest BCUT2D eigenvalue weighted by Crippen LogP contribution is -2.24. The Morgan fingerprint density at radius 1 is 1.21 bits per heavy atom. The van der Waals surface area contributed by atoms with Crippen LogP contribution in [0.1, 0.15) is 17.4 Å². The van der Waals surface area contributed by atoms with Crippen molar-refractivity contribution in [2.24, 2.45) is 0 Å². The summed E-state index contributed by atoms with van der Waals surface area (Å²) in [6, 6.07) is 13.2. The van der Waals surface area contributed by atoms with Gasteiger partial charge in [-0.15, -0.1) is 0 Å². The molecule has 0 aliphatic heterocycles. The molecular weight excluding hydrogens is 260 g/mol. The van der Waals surface area contributed by atoms with Crippen LogP contribution in [0.25, 0.3) is 0 Å². The number of pyridine rings is 1. The molecular formula is C15H17ClN2O. The second-order valence-corrected chi connectivity index (χ2v) is 4.78. The zero-order chi connectivity index (χ0) is 13.5. The van der Waals surface area contributed by atoms with Crippen molar-refractivity contribution < 1.29 is 5.11 Å². The molecule has 2 N–H and O–H groups in total. The molecule has 1 aromatic heterocycles. The number of halogens is 1. The highest BCUT2D eigenvalue weighted by molar-refractivity contribution is 6.30. The van der Waals surface area contributed by atoms with Crippen LogP contribution >= 0.6 is 11.6 Å². The lowest BCUT2D eigenvalue weighted by molar-refractivity contribution is 0.175. The van der Waals surface area contributed by atoms with Crippen molar-refractivity contribution in [1.82, 2.24) is 10.3 Å². The van der Waals surface area contributed by atoms with Crippen molar-refractivity contribution in [2.45, 2.75) is 12.5 Å². The van der Waals surface area contributed by atoms with E-state index < -0.39 is 6.10 Å². The van der Waals surface area contributed by atoms with Crippen LogP contribution in [0.5, 0.6) is 0 Å². The second kappa shape index (κ2) is 7.24. The van der Waals surface area contributed by atoms with Crippen LogP contribution in [0.3, 0.4) is 0 Å². The molecule has 2 rings (SSSR count). The predicted octanol–water partition coefficient (Wildman–Crippen LogP) is 2.60. The van der Waals surface area contributed by atoms with Crippen molar-refractivity contribution in [3.63, 3.8) is 0 Å². The average molecular weight is 277 g/mol. The minimum Gasteiger partial charge on any atom is -0.387 e. The first-order valence-electron chi connectivity index (χ1n) is 6.30. The molecule has 3 nitrogen and oxygen atoms in total. The molecule has 0 aliphatic rings. The number of aliphatic hydroxyl groups excluding tert-OH is 1. The van der Waals surface area contributed by atoms with E-state index in [-0.39, 0.29) is 0 Å². The van der Waals surface area contributed by atoms with Gasteiger partial charge in [0.25, 0.3) is 0 Å². The van der Waals surface area contributed by atoms with Crippen molar-refractivity contribution in [1.29, 1.82) is 0 Å². The predicted molar refractivity (Wildman–Crippen MR) is 77.2 cm³/mol. The lowest BCUT2D eigenvalue weighted by atomic mass is 10.1. The highest BCUT2D eigenvalue weighted by Crippen LogP contribution is 2.16. The lowest BCUT2D eigenvalue weighted by Gasteiger charge is -2.12. The van der Waals surface area contributed by atoms with Gasteiger partial charge in [0.2, 0.25) is 0 Å². The van der Waals surface area contributed by atoms with Crippen molar-refractivity contribution in [3.8, 4) is 0 Å². The van der Waals surface area contributed by atoms with Crippen LogP contribution in [-0.2, 0) is 6.42 Å². The first-order valence-corrected chi connectivity index (χ1v) is 6.67. The Hall–Kier alpha value is -1.42. The summed E-state index contributed by atoms with van der Waals surface area (Å²) in [5.41, 5.74) is 1.88. The van der Waals surface area contributed by atoms with E-state index in [1.54, 1.807) is 18.3 Å². The summed E-state index contributed by atoms with van der Waals surface area (Å²) < 4.78 is 0. The van der Waals surface area contributed by atoms with Crippen LogP contribution in [0, 0.1) is 0 Å². The highest BCUT2D eigenvalue weighted by atomic mass is 35.5. The molecule has 1 heterocycles. The topological polar surface area (TPSA) is 45.1 Å². The normalized spacial score (nSPS) is 12.3. The van der Waals surface area contributed by atoms with Crippen molar-refractivity contribution in [3.05, 3.63) is 64.9 Å². The third-order valence-corrected chi connectivity index (χ3v) is 3.09. The molecule has 19 heavy (non-hydrogen) atoms. The maximum atomic E-state index is 10.0. The monoisotopic (exact) mass is 276 g/mol. The summed E-state index contributed by atoms with van der Waals surface area (Å²) in [6.45, 7) is 1.29. The van der Waals surface area contributed by atoms with E-state index in [1.807, 2.05) is 30.3 Å². The maximum Gasteiger partial charge on any atom is 0.0914 e. The molecule has 0 bridgehead atoms. The highest BCUT2D eigenvalue weighted by Gasteiger charge is 2.06. The third kappa shape index (κ3) is 4.63. The number of aromatic nitrogens is 1. The van der Waals surface area contributed by atoms with E-state index in [1.165, 1.54) is 0 Å². The fourth-order valence-corrected chi connectivity index (χ4v) is 2.03.